The number of fused-ring (bicyclic) bond motifs is 1. The molecule has 182 valence electrons. The van der Waals surface area contributed by atoms with Crippen LogP contribution in [0.2, 0.25) is 0 Å². The fourth-order valence-corrected chi connectivity index (χ4v) is 4.29. The van der Waals surface area contributed by atoms with Gasteiger partial charge < -0.3 is 19.9 Å². The monoisotopic (exact) mass is 482 g/mol. The minimum absolute atomic E-state index is 0.000298. The molecule has 1 aromatic carbocycles. The van der Waals surface area contributed by atoms with Gasteiger partial charge in [0.15, 0.2) is 5.82 Å². The lowest BCUT2D eigenvalue weighted by Crippen LogP contribution is -2.37. The van der Waals surface area contributed by atoms with Gasteiger partial charge in [-0.05, 0) is 25.3 Å². The number of aromatic nitrogens is 4. The maximum atomic E-state index is 15.0. The molecule has 2 amide bonds. The van der Waals surface area contributed by atoms with E-state index < -0.39 is 23.1 Å². The number of ether oxygens (including phenoxy) is 1. The van der Waals surface area contributed by atoms with Crippen molar-refractivity contribution >= 4 is 22.8 Å². The van der Waals surface area contributed by atoms with Crippen molar-refractivity contribution in [1.82, 2.24) is 24.2 Å². The van der Waals surface area contributed by atoms with Gasteiger partial charge in [-0.15, -0.1) is 0 Å². The SMILES string of the molecule is C=CC(=O)N1C[C@@H](n2cc(C(N)=O)c(C#Cc3c(F)cc4c(ncn4CC)c3F)n2)C[C@@H]1COC. The average Bonchev–Trinajstić information content (AvgIpc) is 3.55. The summed E-state index contributed by atoms with van der Waals surface area (Å²) in [5, 5.41) is 4.35. The van der Waals surface area contributed by atoms with E-state index in [0.29, 0.717) is 31.6 Å². The van der Waals surface area contributed by atoms with Crippen molar-refractivity contribution in [2.24, 2.45) is 5.73 Å². The number of nitrogens with two attached hydrogens (primary N) is 1. The van der Waals surface area contributed by atoms with Gasteiger partial charge in [-0.2, -0.15) is 5.10 Å². The van der Waals surface area contributed by atoms with E-state index in [1.54, 1.807) is 16.6 Å². The van der Waals surface area contributed by atoms with Crippen LogP contribution in [0.1, 0.15) is 41.0 Å². The van der Waals surface area contributed by atoms with Crippen molar-refractivity contribution in [1.29, 1.82) is 0 Å². The van der Waals surface area contributed by atoms with Crippen molar-refractivity contribution in [3.05, 3.63) is 59.7 Å². The van der Waals surface area contributed by atoms with Gasteiger partial charge in [0, 0.05) is 32.5 Å². The van der Waals surface area contributed by atoms with Crippen LogP contribution in [0, 0.1) is 23.5 Å². The standard InChI is InChI=1S/C24H24F2N6O3/c1-4-21(33)31-10-14(8-15(31)12-35-3)32-11-17(24(27)34)19(29-32)7-6-16-18(25)9-20-23(22(16)26)28-13-30(20)5-2/h4,9,11,13-15H,1,5,8,10,12H2,2-3H3,(H2,27,34)/t14-,15+/m0/s1. The molecule has 0 unspecified atom stereocenters. The second-order valence-electron chi connectivity index (χ2n) is 8.12. The smallest absolute Gasteiger partial charge is 0.253 e. The number of imidazole rings is 1. The van der Waals surface area contributed by atoms with Crippen molar-refractivity contribution in [2.75, 3.05) is 20.3 Å². The van der Waals surface area contributed by atoms with Gasteiger partial charge in [0.25, 0.3) is 5.91 Å². The molecule has 1 fully saturated rings. The van der Waals surface area contributed by atoms with Crippen molar-refractivity contribution in [3.63, 3.8) is 0 Å². The maximum absolute atomic E-state index is 15.0. The second kappa shape index (κ2) is 9.68. The Morgan fingerprint density at radius 3 is 2.80 bits per heavy atom. The summed E-state index contributed by atoms with van der Waals surface area (Å²) in [6.45, 7) is 6.50. The van der Waals surface area contributed by atoms with Gasteiger partial charge in [0.05, 0.1) is 41.7 Å². The number of carbonyl (C=O) groups excluding carboxylic acids is 2. The quantitative estimate of drug-likeness (QED) is 0.427. The largest absolute Gasteiger partial charge is 0.383 e. The molecule has 2 aromatic heterocycles. The fraction of sp³-hybridized carbons (Fsp3) is 0.333. The minimum Gasteiger partial charge on any atom is -0.383 e. The predicted molar refractivity (Wildman–Crippen MR) is 123 cm³/mol. The van der Waals surface area contributed by atoms with Crippen LogP contribution in [0.3, 0.4) is 0 Å². The minimum atomic E-state index is -0.892. The maximum Gasteiger partial charge on any atom is 0.253 e. The number of nitrogens with zero attached hydrogens (tertiary/aromatic N) is 5. The van der Waals surface area contributed by atoms with Crippen LogP contribution in [0.25, 0.3) is 11.0 Å². The summed E-state index contributed by atoms with van der Waals surface area (Å²) in [5.74, 6) is 2.26. The first kappa shape index (κ1) is 24.1. The number of primary amides is 1. The Labute approximate surface area is 200 Å². The Balaban J connectivity index is 1.70. The number of halogens is 2. The zero-order chi connectivity index (χ0) is 25.3. The molecule has 1 aliphatic rings. The first-order chi connectivity index (χ1) is 16.8. The molecule has 2 N–H and O–H groups in total. The molecule has 0 radical (unpaired) electrons. The number of carbonyl (C=O) groups is 2. The van der Waals surface area contributed by atoms with Crippen molar-refractivity contribution in [3.8, 4) is 11.8 Å². The van der Waals surface area contributed by atoms with Gasteiger partial charge in [-0.3, -0.25) is 14.3 Å². The van der Waals surface area contributed by atoms with E-state index in [1.165, 1.54) is 29.3 Å². The number of benzene rings is 1. The fourth-order valence-electron chi connectivity index (χ4n) is 4.29. The van der Waals surface area contributed by atoms with Crippen LogP contribution in [-0.4, -0.2) is 62.3 Å². The van der Waals surface area contributed by atoms with Crippen molar-refractivity contribution < 1.29 is 23.1 Å². The van der Waals surface area contributed by atoms with Gasteiger partial charge in [-0.1, -0.05) is 12.5 Å². The van der Waals surface area contributed by atoms with E-state index >= 15 is 0 Å². The molecule has 3 heterocycles. The zero-order valence-electron chi connectivity index (χ0n) is 19.3. The summed E-state index contributed by atoms with van der Waals surface area (Å²) in [5.41, 5.74) is 5.33. The summed E-state index contributed by atoms with van der Waals surface area (Å²) >= 11 is 0. The van der Waals surface area contributed by atoms with E-state index in [1.807, 2.05) is 6.92 Å². The Morgan fingerprint density at radius 1 is 1.37 bits per heavy atom. The highest BCUT2D eigenvalue weighted by atomic mass is 19.1. The molecular formula is C24H24F2N6O3. The molecule has 9 nitrogen and oxygen atoms in total. The third-order valence-electron chi connectivity index (χ3n) is 6.04. The molecule has 2 atom stereocenters. The van der Waals surface area contributed by atoms with Crippen LogP contribution in [-0.2, 0) is 16.1 Å². The summed E-state index contributed by atoms with van der Waals surface area (Å²) < 4.78 is 38.0. The molecule has 1 aliphatic heterocycles. The van der Waals surface area contributed by atoms with Crippen LogP contribution in [0.5, 0.6) is 0 Å². The van der Waals surface area contributed by atoms with Crippen LogP contribution < -0.4 is 5.73 Å². The molecular weight excluding hydrogens is 458 g/mol. The number of rotatable bonds is 6. The Kier molecular flexibility index (Phi) is 6.66. The summed E-state index contributed by atoms with van der Waals surface area (Å²) in [6.07, 6.45) is 4.60. The molecule has 11 heteroatoms. The van der Waals surface area contributed by atoms with Crippen LogP contribution >= 0.6 is 0 Å². The molecule has 3 aromatic rings. The van der Waals surface area contributed by atoms with Crippen LogP contribution in [0.4, 0.5) is 8.78 Å². The second-order valence-corrected chi connectivity index (χ2v) is 8.12. The third-order valence-corrected chi connectivity index (χ3v) is 6.04. The normalized spacial score (nSPS) is 17.4. The molecule has 0 aliphatic carbocycles. The highest BCUT2D eigenvalue weighted by Gasteiger charge is 2.36. The Bertz CT molecular complexity index is 1380. The van der Waals surface area contributed by atoms with Crippen molar-refractivity contribution in [2.45, 2.75) is 32.0 Å². The molecule has 4 rings (SSSR count). The van der Waals surface area contributed by atoms with E-state index in [9.17, 15) is 18.4 Å². The topological polar surface area (TPSA) is 108 Å². The van der Waals surface area contributed by atoms with Gasteiger partial charge >= 0.3 is 0 Å². The lowest BCUT2D eigenvalue weighted by molar-refractivity contribution is -0.127. The Hall–Kier alpha value is -4.04. The predicted octanol–water partition coefficient (Wildman–Crippen LogP) is 2.00. The summed E-state index contributed by atoms with van der Waals surface area (Å²) in [7, 11) is 1.54. The molecule has 0 saturated carbocycles. The summed E-state index contributed by atoms with van der Waals surface area (Å²) in [6, 6.07) is 0.686. The molecule has 1 saturated heterocycles. The van der Waals surface area contributed by atoms with E-state index in [4.69, 9.17) is 10.5 Å². The first-order valence-corrected chi connectivity index (χ1v) is 10.9. The number of hydrogen-bond donors (Lipinski definition) is 1. The van der Waals surface area contributed by atoms with Gasteiger partial charge in [0.2, 0.25) is 5.91 Å². The van der Waals surface area contributed by atoms with E-state index in [-0.39, 0.29) is 34.8 Å². The molecule has 0 spiro atoms. The lowest BCUT2D eigenvalue weighted by Gasteiger charge is -2.22. The zero-order valence-corrected chi connectivity index (χ0v) is 19.3. The first-order valence-electron chi connectivity index (χ1n) is 10.9. The van der Waals surface area contributed by atoms with E-state index in [2.05, 4.69) is 28.5 Å². The number of amides is 2. The van der Waals surface area contributed by atoms with Gasteiger partial charge in [-0.25, -0.2) is 13.8 Å². The van der Waals surface area contributed by atoms with Gasteiger partial charge in [0.1, 0.15) is 17.0 Å². The highest BCUT2D eigenvalue weighted by molar-refractivity contribution is 5.94. The number of likely N-dealkylation sites (tertiary alicyclic amines) is 1. The third kappa shape index (κ3) is 4.40. The lowest BCUT2D eigenvalue weighted by atomic mass is 10.1. The van der Waals surface area contributed by atoms with Crippen LogP contribution in [0.15, 0.2) is 31.2 Å². The van der Waals surface area contributed by atoms with E-state index in [0.717, 1.165) is 0 Å². The number of aryl methyl sites for hydroxylation is 1. The molecule has 0 bridgehead atoms. The molecule has 35 heavy (non-hydrogen) atoms. The Morgan fingerprint density at radius 2 is 2.14 bits per heavy atom. The summed E-state index contributed by atoms with van der Waals surface area (Å²) in [4.78, 5) is 29.9. The average molecular weight is 482 g/mol. The number of hydrogen-bond acceptors (Lipinski definition) is 5. The number of methoxy groups -OCH3 is 1. The highest BCUT2D eigenvalue weighted by Crippen LogP contribution is 2.28.